The van der Waals surface area contributed by atoms with Gasteiger partial charge in [-0.25, -0.2) is 4.79 Å². The summed E-state index contributed by atoms with van der Waals surface area (Å²) in [5.41, 5.74) is 1.71. The van der Waals surface area contributed by atoms with E-state index in [1.807, 2.05) is 6.92 Å². The van der Waals surface area contributed by atoms with Crippen molar-refractivity contribution in [3.8, 4) is 0 Å². The van der Waals surface area contributed by atoms with Gasteiger partial charge in [0.2, 0.25) is 5.91 Å². The Morgan fingerprint density at radius 2 is 1.95 bits per heavy atom. The van der Waals surface area contributed by atoms with Gasteiger partial charge in [-0.15, -0.1) is 0 Å². The first-order chi connectivity index (χ1) is 9.03. The summed E-state index contributed by atoms with van der Waals surface area (Å²) in [5, 5.41) is 3.66. The fourth-order valence-corrected chi connectivity index (χ4v) is 3.10. The molecule has 2 atom stereocenters. The van der Waals surface area contributed by atoms with E-state index in [4.69, 9.17) is 0 Å². The summed E-state index contributed by atoms with van der Waals surface area (Å²) in [5.74, 6) is -0.212. The number of imide groups is 1. The molecule has 104 valence electrons. The number of urea groups is 1. The molecule has 3 fully saturated rings. The number of carbonyl (C=O) groups is 3. The van der Waals surface area contributed by atoms with Gasteiger partial charge < -0.3 is 5.32 Å². The number of nitrogens with zero attached hydrogens (tertiary/aromatic N) is 1. The Bertz CT molecular complexity index is 442. The number of carbonyl (C=O) groups excluding carboxylic acids is 3. The van der Waals surface area contributed by atoms with Crippen molar-refractivity contribution >= 4 is 17.8 Å². The van der Waals surface area contributed by atoms with E-state index in [1.165, 1.54) is 0 Å². The molecule has 2 N–H and O–H groups in total. The molecule has 6 nitrogen and oxygen atoms in total. The standard InChI is InChI=1S/C13H19N3O3/c1-8-7-9(8)10(17)15-16-11(18)13(14-12(16)19)5-3-2-4-6-13/h8-9H,2-7H2,1H3,(H,14,19)(H,15,17)/t8-,9+/m0/s1. The molecule has 6 heteroatoms. The Labute approximate surface area is 111 Å². The molecule has 2 aliphatic carbocycles. The molecule has 3 rings (SSSR count). The van der Waals surface area contributed by atoms with Crippen LogP contribution in [0, 0.1) is 11.8 Å². The monoisotopic (exact) mass is 265 g/mol. The fraction of sp³-hybridized carbons (Fsp3) is 0.769. The average molecular weight is 265 g/mol. The smallest absolute Gasteiger partial charge is 0.322 e. The zero-order valence-electron chi connectivity index (χ0n) is 11.1. The molecule has 1 spiro atoms. The molecule has 3 aliphatic rings. The SMILES string of the molecule is C[C@H]1C[C@H]1C(=O)NN1C(=O)NC2(CCCCC2)C1=O. The third-order valence-electron chi connectivity index (χ3n) is 4.54. The molecule has 1 heterocycles. The molecule has 0 unspecified atom stereocenters. The van der Waals surface area contributed by atoms with Gasteiger partial charge in [0.05, 0.1) is 0 Å². The van der Waals surface area contributed by atoms with Crippen LogP contribution < -0.4 is 10.7 Å². The van der Waals surface area contributed by atoms with Crippen LogP contribution in [-0.4, -0.2) is 28.4 Å². The maximum atomic E-state index is 12.4. The van der Waals surface area contributed by atoms with Crippen molar-refractivity contribution in [1.29, 1.82) is 0 Å². The molecule has 0 radical (unpaired) electrons. The Morgan fingerprint density at radius 3 is 2.53 bits per heavy atom. The zero-order chi connectivity index (χ0) is 13.6. The van der Waals surface area contributed by atoms with Gasteiger partial charge in [0.25, 0.3) is 5.91 Å². The van der Waals surface area contributed by atoms with Crippen LogP contribution in [-0.2, 0) is 9.59 Å². The lowest BCUT2D eigenvalue weighted by Crippen LogP contribution is -2.51. The molecule has 1 aliphatic heterocycles. The van der Waals surface area contributed by atoms with Crippen LogP contribution in [0.1, 0.15) is 45.4 Å². The number of amides is 4. The number of hydrogen-bond donors (Lipinski definition) is 2. The second-order valence-electron chi connectivity index (χ2n) is 6.01. The van der Waals surface area contributed by atoms with Crippen LogP contribution in [0.2, 0.25) is 0 Å². The first-order valence-electron chi connectivity index (χ1n) is 7.01. The molecular formula is C13H19N3O3. The minimum absolute atomic E-state index is 0.0523. The van der Waals surface area contributed by atoms with Gasteiger partial charge in [0, 0.05) is 5.92 Å². The van der Waals surface area contributed by atoms with Crippen LogP contribution in [0.5, 0.6) is 0 Å². The minimum Gasteiger partial charge on any atom is -0.322 e. The summed E-state index contributed by atoms with van der Waals surface area (Å²) < 4.78 is 0. The summed E-state index contributed by atoms with van der Waals surface area (Å²) in [6.45, 7) is 1.98. The summed E-state index contributed by atoms with van der Waals surface area (Å²) in [7, 11) is 0. The summed E-state index contributed by atoms with van der Waals surface area (Å²) in [6, 6.07) is -0.492. The molecule has 4 amide bonds. The summed E-state index contributed by atoms with van der Waals surface area (Å²) in [6.07, 6.45) is 5.14. The highest BCUT2D eigenvalue weighted by Gasteiger charge is 2.53. The number of hydrogen-bond acceptors (Lipinski definition) is 3. The van der Waals surface area contributed by atoms with Crippen molar-refractivity contribution in [3.63, 3.8) is 0 Å². The van der Waals surface area contributed by atoms with Gasteiger partial charge in [-0.2, -0.15) is 5.01 Å². The maximum Gasteiger partial charge on any atom is 0.344 e. The molecule has 1 saturated heterocycles. The predicted molar refractivity (Wildman–Crippen MR) is 66.6 cm³/mol. The summed E-state index contributed by atoms with van der Waals surface area (Å²) >= 11 is 0. The molecule has 0 aromatic heterocycles. The molecule has 19 heavy (non-hydrogen) atoms. The lowest BCUT2D eigenvalue weighted by Gasteiger charge is -2.30. The van der Waals surface area contributed by atoms with Gasteiger partial charge in [-0.3, -0.25) is 15.0 Å². The highest BCUT2D eigenvalue weighted by atomic mass is 16.2. The van der Waals surface area contributed by atoms with Gasteiger partial charge in [-0.05, 0) is 25.2 Å². The van der Waals surface area contributed by atoms with Crippen molar-refractivity contribution < 1.29 is 14.4 Å². The predicted octanol–water partition coefficient (Wildman–Crippen LogP) is 0.928. The van der Waals surface area contributed by atoms with E-state index in [2.05, 4.69) is 10.7 Å². The van der Waals surface area contributed by atoms with Crippen LogP contribution >= 0.6 is 0 Å². The first-order valence-corrected chi connectivity index (χ1v) is 7.01. The second-order valence-corrected chi connectivity index (χ2v) is 6.01. The topological polar surface area (TPSA) is 78.5 Å². The third kappa shape index (κ3) is 1.99. The molecule has 2 saturated carbocycles. The van der Waals surface area contributed by atoms with Crippen molar-refractivity contribution in [3.05, 3.63) is 0 Å². The largest absolute Gasteiger partial charge is 0.344 e. The van der Waals surface area contributed by atoms with Crippen LogP contribution in [0.3, 0.4) is 0 Å². The average Bonchev–Trinajstić information content (AvgIpc) is 3.08. The molecule has 0 aromatic carbocycles. The third-order valence-corrected chi connectivity index (χ3v) is 4.54. The highest BCUT2D eigenvalue weighted by molar-refractivity contribution is 6.08. The number of rotatable bonds is 2. The van der Waals surface area contributed by atoms with Crippen LogP contribution in [0.25, 0.3) is 0 Å². The van der Waals surface area contributed by atoms with Crippen molar-refractivity contribution in [2.75, 3.05) is 0 Å². The van der Waals surface area contributed by atoms with Crippen molar-refractivity contribution in [1.82, 2.24) is 15.8 Å². The van der Waals surface area contributed by atoms with E-state index < -0.39 is 11.6 Å². The lowest BCUT2D eigenvalue weighted by atomic mass is 9.82. The van der Waals surface area contributed by atoms with E-state index >= 15 is 0 Å². The van der Waals surface area contributed by atoms with E-state index in [1.54, 1.807) is 0 Å². The Morgan fingerprint density at radius 1 is 1.32 bits per heavy atom. The lowest BCUT2D eigenvalue weighted by molar-refractivity contribution is -0.140. The molecule has 0 bridgehead atoms. The summed E-state index contributed by atoms with van der Waals surface area (Å²) in [4.78, 5) is 36.1. The van der Waals surface area contributed by atoms with Crippen molar-refractivity contribution in [2.45, 2.75) is 51.0 Å². The van der Waals surface area contributed by atoms with Gasteiger partial charge in [-0.1, -0.05) is 26.2 Å². The maximum absolute atomic E-state index is 12.4. The van der Waals surface area contributed by atoms with Crippen LogP contribution in [0.4, 0.5) is 4.79 Å². The van der Waals surface area contributed by atoms with E-state index in [0.29, 0.717) is 18.8 Å². The minimum atomic E-state index is -0.766. The van der Waals surface area contributed by atoms with Crippen molar-refractivity contribution in [2.24, 2.45) is 11.8 Å². The Kier molecular flexibility index (Phi) is 2.76. The van der Waals surface area contributed by atoms with E-state index in [-0.39, 0.29) is 17.7 Å². The highest BCUT2D eigenvalue weighted by Crippen LogP contribution is 2.38. The van der Waals surface area contributed by atoms with Gasteiger partial charge in [0.1, 0.15) is 5.54 Å². The van der Waals surface area contributed by atoms with E-state index in [9.17, 15) is 14.4 Å². The normalized spacial score (nSPS) is 32.4. The first kappa shape index (κ1) is 12.4. The number of nitrogens with one attached hydrogen (secondary N) is 2. The zero-order valence-corrected chi connectivity index (χ0v) is 11.1. The van der Waals surface area contributed by atoms with E-state index in [0.717, 1.165) is 30.7 Å². The number of hydrazine groups is 1. The quantitative estimate of drug-likeness (QED) is 0.729. The molecule has 0 aromatic rings. The Balaban J connectivity index is 1.70. The second kappa shape index (κ2) is 4.21. The van der Waals surface area contributed by atoms with Crippen LogP contribution in [0.15, 0.2) is 0 Å². The Hall–Kier alpha value is -1.59. The van der Waals surface area contributed by atoms with Gasteiger partial charge >= 0.3 is 6.03 Å². The van der Waals surface area contributed by atoms with Gasteiger partial charge in [0.15, 0.2) is 0 Å². The molecular weight excluding hydrogens is 246 g/mol. The fourth-order valence-electron chi connectivity index (χ4n) is 3.10.